The molecule has 1 atom stereocenters. The minimum absolute atomic E-state index is 0.439. The molecular weight excluding hydrogens is 298 g/mol. The summed E-state index contributed by atoms with van der Waals surface area (Å²) in [5.41, 5.74) is 4.52. The maximum atomic E-state index is 11.4. The van der Waals surface area contributed by atoms with Crippen LogP contribution in [-0.4, -0.2) is 61.0 Å². The van der Waals surface area contributed by atoms with Gasteiger partial charge in [0.2, 0.25) is 0 Å². The van der Waals surface area contributed by atoms with Crippen LogP contribution in [0.15, 0.2) is 18.5 Å². The standard InChI is InChI=1S/C16H23N3O2S/c1-12-7-15-16(8-13(12)2)19(11-17-15)10-14(20)9-18-3-5-22(21)6-4-18/h7-8,11,14,20H,3-6,9-10H2,1-2H3. The summed E-state index contributed by atoms with van der Waals surface area (Å²) in [7, 11) is -0.669. The molecule has 1 aliphatic heterocycles. The van der Waals surface area contributed by atoms with Crippen LogP contribution in [0.2, 0.25) is 0 Å². The molecule has 0 amide bonds. The van der Waals surface area contributed by atoms with E-state index in [1.54, 1.807) is 6.33 Å². The van der Waals surface area contributed by atoms with E-state index in [9.17, 15) is 9.32 Å². The fourth-order valence-corrected chi connectivity index (χ4v) is 4.03. The minimum atomic E-state index is -0.669. The maximum Gasteiger partial charge on any atom is 0.0959 e. The van der Waals surface area contributed by atoms with Gasteiger partial charge in [-0.25, -0.2) is 4.98 Å². The SMILES string of the molecule is Cc1cc2ncn(CC(O)CN3CCS(=O)CC3)c2cc1C. The van der Waals surface area contributed by atoms with Gasteiger partial charge in [-0.05, 0) is 37.1 Å². The number of aliphatic hydroxyl groups is 1. The highest BCUT2D eigenvalue weighted by Gasteiger charge is 2.18. The van der Waals surface area contributed by atoms with Crippen LogP contribution < -0.4 is 0 Å². The highest BCUT2D eigenvalue weighted by Crippen LogP contribution is 2.18. The van der Waals surface area contributed by atoms with Gasteiger partial charge < -0.3 is 9.67 Å². The predicted octanol–water partition coefficient (Wildman–Crippen LogP) is 1.08. The van der Waals surface area contributed by atoms with Crippen LogP contribution in [0, 0.1) is 13.8 Å². The van der Waals surface area contributed by atoms with Gasteiger partial charge in [-0.1, -0.05) is 0 Å². The Kier molecular flexibility index (Phi) is 4.61. The Bertz CT molecular complexity index is 688. The van der Waals surface area contributed by atoms with Gasteiger partial charge in [0.1, 0.15) is 0 Å². The number of imidazole rings is 1. The number of benzene rings is 1. The van der Waals surface area contributed by atoms with Crippen molar-refractivity contribution in [2.24, 2.45) is 0 Å². The normalized spacial score (nSPS) is 18.9. The first kappa shape index (κ1) is 15.6. The maximum absolute atomic E-state index is 11.4. The number of rotatable bonds is 4. The van der Waals surface area contributed by atoms with Crippen LogP contribution in [0.1, 0.15) is 11.1 Å². The van der Waals surface area contributed by atoms with Crippen LogP contribution in [0.5, 0.6) is 0 Å². The first-order valence-corrected chi connectivity index (χ1v) is 9.19. The Morgan fingerprint density at radius 3 is 2.64 bits per heavy atom. The molecule has 1 aromatic carbocycles. The number of aromatic nitrogens is 2. The quantitative estimate of drug-likeness (QED) is 0.915. The van der Waals surface area contributed by atoms with Crippen molar-refractivity contribution in [2.75, 3.05) is 31.1 Å². The molecule has 3 rings (SSSR count). The summed E-state index contributed by atoms with van der Waals surface area (Å²) in [5.74, 6) is 1.44. The molecule has 22 heavy (non-hydrogen) atoms. The molecule has 0 spiro atoms. The van der Waals surface area contributed by atoms with Crippen molar-refractivity contribution in [3.63, 3.8) is 0 Å². The van der Waals surface area contributed by atoms with Crippen molar-refractivity contribution in [3.05, 3.63) is 29.6 Å². The molecule has 6 heteroatoms. The molecule has 1 saturated heterocycles. The lowest BCUT2D eigenvalue weighted by molar-refractivity contribution is 0.103. The van der Waals surface area contributed by atoms with Crippen molar-refractivity contribution < 1.29 is 9.32 Å². The molecule has 0 bridgehead atoms. The van der Waals surface area contributed by atoms with Crippen molar-refractivity contribution in [2.45, 2.75) is 26.5 Å². The van der Waals surface area contributed by atoms with Gasteiger partial charge >= 0.3 is 0 Å². The second-order valence-electron chi connectivity index (χ2n) is 6.12. The highest BCUT2D eigenvalue weighted by molar-refractivity contribution is 7.85. The molecule has 1 aliphatic rings. The van der Waals surface area contributed by atoms with E-state index in [1.807, 2.05) is 4.57 Å². The third-order valence-electron chi connectivity index (χ3n) is 4.38. The van der Waals surface area contributed by atoms with Crippen LogP contribution in [-0.2, 0) is 17.3 Å². The van der Waals surface area contributed by atoms with E-state index in [0.29, 0.717) is 13.1 Å². The molecule has 1 N–H and O–H groups in total. The number of β-amino-alcohol motifs (C(OH)–C–C–N with tert-alkyl or cyclic N) is 1. The number of hydrogen-bond donors (Lipinski definition) is 1. The van der Waals surface area contributed by atoms with E-state index in [1.165, 1.54) is 11.1 Å². The molecule has 0 saturated carbocycles. The van der Waals surface area contributed by atoms with Crippen molar-refractivity contribution >= 4 is 21.8 Å². The van der Waals surface area contributed by atoms with Crippen molar-refractivity contribution in [3.8, 4) is 0 Å². The Morgan fingerprint density at radius 1 is 1.23 bits per heavy atom. The first-order chi connectivity index (χ1) is 10.5. The summed E-state index contributed by atoms with van der Waals surface area (Å²) in [6.07, 6.45) is 1.36. The molecule has 0 aliphatic carbocycles. The van der Waals surface area contributed by atoms with E-state index in [4.69, 9.17) is 0 Å². The highest BCUT2D eigenvalue weighted by atomic mass is 32.2. The Hall–Kier alpha value is -1.24. The van der Waals surface area contributed by atoms with Crippen LogP contribution in [0.25, 0.3) is 11.0 Å². The number of aryl methyl sites for hydroxylation is 2. The summed E-state index contributed by atoms with van der Waals surface area (Å²) in [5, 5.41) is 10.4. The van der Waals surface area contributed by atoms with Gasteiger partial charge in [-0.3, -0.25) is 9.11 Å². The van der Waals surface area contributed by atoms with E-state index in [-0.39, 0.29) is 0 Å². The van der Waals surface area contributed by atoms with E-state index in [2.05, 4.69) is 35.9 Å². The van der Waals surface area contributed by atoms with E-state index in [0.717, 1.165) is 35.6 Å². The fraction of sp³-hybridized carbons (Fsp3) is 0.562. The summed E-state index contributed by atoms with van der Waals surface area (Å²) in [6.45, 7) is 6.97. The summed E-state index contributed by atoms with van der Waals surface area (Å²) in [4.78, 5) is 6.62. The zero-order valence-corrected chi connectivity index (χ0v) is 14.0. The van der Waals surface area contributed by atoms with Crippen LogP contribution in [0.4, 0.5) is 0 Å². The van der Waals surface area contributed by atoms with E-state index < -0.39 is 16.9 Å². The Balaban J connectivity index is 1.67. The van der Waals surface area contributed by atoms with Crippen LogP contribution >= 0.6 is 0 Å². The average molecular weight is 321 g/mol. The molecular formula is C16H23N3O2S. The monoisotopic (exact) mass is 321 g/mol. The summed E-state index contributed by atoms with van der Waals surface area (Å²) < 4.78 is 13.4. The number of fused-ring (bicyclic) bond motifs is 1. The number of nitrogens with zero attached hydrogens (tertiary/aromatic N) is 3. The summed E-state index contributed by atoms with van der Waals surface area (Å²) in [6, 6.07) is 4.22. The average Bonchev–Trinajstić information content (AvgIpc) is 2.84. The van der Waals surface area contributed by atoms with Crippen molar-refractivity contribution in [1.29, 1.82) is 0 Å². The molecule has 5 nitrogen and oxygen atoms in total. The zero-order valence-electron chi connectivity index (χ0n) is 13.2. The first-order valence-electron chi connectivity index (χ1n) is 7.70. The Morgan fingerprint density at radius 2 is 1.91 bits per heavy atom. The largest absolute Gasteiger partial charge is 0.390 e. The van der Waals surface area contributed by atoms with Gasteiger partial charge in [0.25, 0.3) is 0 Å². The molecule has 1 fully saturated rings. The zero-order chi connectivity index (χ0) is 15.7. The number of hydrogen-bond acceptors (Lipinski definition) is 4. The molecule has 1 unspecified atom stereocenters. The third kappa shape index (κ3) is 3.39. The number of aliphatic hydroxyl groups excluding tert-OH is 1. The molecule has 2 heterocycles. The summed E-state index contributed by atoms with van der Waals surface area (Å²) >= 11 is 0. The second-order valence-corrected chi connectivity index (χ2v) is 7.82. The van der Waals surface area contributed by atoms with E-state index >= 15 is 0 Å². The lowest BCUT2D eigenvalue weighted by atomic mass is 10.1. The molecule has 1 aromatic heterocycles. The fourth-order valence-electron chi connectivity index (χ4n) is 2.90. The van der Waals surface area contributed by atoms with Gasteiger partial charge in [0.15, 0.2) is 0 Å². The van der Waals surface area contributed by atoms with Crippen molar-refractivity contribution in [1.82, 2.24) is 14.5 Å². The van der Waals surface area contributed by atoms with Gasteiger partial charge in [-0.15, -0.1) is 0 Å². The second kappa shape index (κ2) is 6.48. The molecule has 120 valence electrons. The third-order valence-corrected chi connectivity index (χ3v) is 5.66. The topological polar surface area (TPSA) is 58.4 Å². The van der Waals surface area contributed by atoms with Gasteiger partial charge in [0, 0.05) is 41.9 Å². The smallest absolute Gasteiger partial charge is 0.0959 e. The Labute approximate surface area is 133 Å². The molecule has 0 radical (unpaired) electrons. The minimum Gasteiger partial charge on any atom is -0.390 e. The predicted molar refractivity (Wildman–Crippen MR) is 89.5 cm³/mol. The van der Waals surface area contributed by atoms with Gasteiger partial charge in [-0.2, -0.15) is 0 Å². The van der Waals surface area contributed by atoms with Gasteiger partial charge in [0.05, 0.1) is 30.0 Å². The molecule has 2 aromatic rings. The van der Waals surface area contributed by atoms with Crippen LogP contribution in [0.3, 0.4) is 0 Å². The lowest BCUT2D eigenvalue weighted by Crippen LogP contribution is -2.42. The lowest BCUT2D eigenvalue weighted by Gasteiger charge is -2.28.